The van der Waals surface area contributed by atoms with Crippen molar-refractivity contribution in [2.24, 2.45) is 0 Å². The number of carbonyl (C=O) groups excluding carboxylic acids is 1. The lowest BCUT2D eigenvalue weighted by molar-refractivity contribution is 0.0775. The minimum Gasteiger partial charge on any atom is -0.497 e. The van der Waals surface area contributed by atoms with Crippen LogP contribution in [0.2, 0.25) is 0 Å². The molecule has 0 radical (unpaired) electrons. The highest BCUT2D eigenvalue weighted by Gasteiger charge is 2.30. The second-order valence-corrected chi connectivity index (χ2v) is 6.58. The molecule has 0 saturated carbocycles. The predicted octanol–water partition coefficient (Wildman–Crippen LogP) is 0.846. The molecular weight excluding hydrogens is 353 g/mol. The summed E-state index contributed by atoms with van der Waals surface area (Å²) >= 11 is 0. The van der Waals surface area contributed by atoms with Gasteiger partial charge >= 0.3 is 0 Å². The molecule has 1 saturated heterocycles. The van der Waals surface area contributed by atoms with E-state index in [9.17, 15) is 14.0 Å². The number of methoxy groups -OCH3 is 1. The first-order valence-electron chi connectivity index (χ1n) is 8.56. The highest BCUT2D eigenvalue weighted by molar-refractivity contribution is 5.94. The zero-order chi connectivity index (χ0) is 19.6. The first kappa shape index (κ1) is 18.8. The maximum atomic E-state index is 14.2. The second kappa shape index (κ2) is 7.75. The number of nitrogens with two attached hydrogens (primary N) is 1. The topological polar surface area (TPSA) is 105 Å². The molecule has 27 heavy (non-hydrogen) atoms. The number of ether oxygens (including phenoxy) is 1. The van der Waals surface area contributed by atoms with E-state index >= 15 is 0 Å². The summed E-state index contributed by atoms with van der Waals surface area (Å²) in [6.07, 6.45) is 0.749. The molecule has 8 nitrogen and oxygen atoms in total. The van der Waals surface area contributed by atoms with Crippen LogP contribution in [0.1, 0.15) is 22.5 Å². The van der Waals surface area contributed by atoms with Gasteiger partial charge in [0.05, 0.1) is 18.4 Å². The van der Waals surface area contributed by atoms with E-state index in [1.807, 2.05) is 11.9 Å². The molecule has 1 fully saturated rings. The summed E-state index contributed by atoms with van der Waals surface area (Å²) in [6.45, 7) is 1.43. The summed E-state index contributed by atoms with van der Waals surface area (Å²) in [5, 5.41) is 0. The maximum absolute atomic E-state index is 14.2. The van der Waals surface area contributed by atoms with E-state index in [1.165, 1.54) is 25.3 Å². The summed E-state index contributed by atoms with van der Waals surface area (Å²) in [4.78, 5) is 34.3. The Morgan fingerprint density at radius 3 is 2.93 bits per heavy atom. The van der Waals surface area contributed by atoms with Crippen molar-refractivity contribution in [1.29, 1.82) is 0 Å². The fourth-order valence-corrected chi connectivity index (χ4v) is 3.25. The van der Waals surface area contributed by atoms with Crippen LogP contribution in [-0.2, 0) is 6.54 Å². The van der Waals surface area contributed by atoms with Crippen molar-refractivity contribution in [1.82, 2.24) is 19.8 Å². The van der Waals surface area contributed by atoms with E-state index in [0.717, 1.165) is 6.42 Å². The largest absolute Gasteiger partial charge is 0.497 e. The lowest BCUT2D eigenvalue weighted by atomic mass is 10.1. The first-order valence-corrected chi connectivity index (χ1v) is 8.56. The van der Waals surface area contributed by atoms with Crippen LogP contribution in [0.3, 0.4) is 0 Å². The molecule has 1 aromatic heterocycles. The van der Waals surface area contributed by atoms with Crippen molar-refractivity contribution in [3.8, 4) is 5.75 Å². The molecule has 2 aromatic rings. The Kier molecular flexibility index (Phi) is 5.41. The standard InChI is InChI=1S/C18H22FN5O3/c1-23(9-11-7-16(25)22-18(20)21-11)12-5-6-24(10-12)17(26)14-4-3-13(27-2)8-15(14)19/h3-4,7-8,12H,5-6,9-10H2,1-2H3,(H3,20,21,22,25). The van der Waals surface area contributed by atoms with E-state index in [1.54, 1.807) is 11.0 Å². The van der Waals surface area contributed by atoms with Gasteiger partial charge in [-0.15, -0.1) is 0 Å². The number of likely N-dealkylation sites (tertiary alicyclic amines) is 1. The summed E-state index contributed by atoms with van der Waals surface area (Å²) in [5.41, 5.74) is 5.86. The Morgan fingerprint density at radius 1 is 1.48 bits per heavy atom. The maximum Gasteiger partial charge on any atom is 0.256 e. The molecule has 2 heterocycles. The number of nitrogens with one attached hydrogen (secondary N) is 1. The van der Waals surface area contributed by atoms with Crippen molar-refractivity contribution in [3.63, 3.8) is 0 Å². The minimum absolute atomic E-state index is 0.0307. The zero-order valence-corrected chi connectivity index (χ0v) is 15.2. The Morgan fingerprint density at radius 2 is 2.26 bits per heavy atom. The molecule has 3 rings (SSSR count). The van der Waals surface area contributed by atoms with Gasteiger partial charge in [0.2, 0.25) is 5.95 Å². The number of likely N-dealkylation sites (N-methyl/N-ethyl adjacent to an activating group) is 1. The molecule has 1 atom stereocenters. The highest BCUT2D eigenvalue weighted by atomic mass is 19.1. The van der Waals surface area contributed by atoms with Gasteiger partial charge < -0.3 is 15.4 Å². The van der Waals surface area contributed by atoms with Gasteiger partial charge in [0.25, 0.3) is 11.5 Å². The van der Waals surface area contributed by atoms with E-state index in [0.29, 0.717) is 31.1 Å². The zero-order valence-electron chi connectivity index (χ0n) is 15.2. The average Bonchev–Trinajstić information content (AvgIpc) is 3.10. The fourth-order valence-electron chi connectivity index (χ4n) is 3.25. The number of benzene rings is 1. The molecule has 1 aliphatic rings. The quantitative estimate of drug-likeness (QED) is 0.803. The number of carbonyl (C=O) groups is 1. The number of aromatic nitrogens is 2. The van der Waals surface area contributed by atoms with Crippen LogP contribution in [0.4, 0.5) is 10.3 Å². The van der Waals surface area contributed by atoms with Crippen LogP contribution in [0.5, 0.6) is 5.75 Å². The Labute approximate surface area is 155 Å². The average molecular weight is 375 g/mol. The smallest absolute Gasteiger partial charge is 0.256 e. The lowest BCUT2D eigenvalue weighted by Gasteiger charge is -2.24. The summed E-state index contributed by atoms with van der Waals surface area (Å²) in [6, 6.07) is 5.70. The van der Waals surface area contributed by atoms with Crippen LogP contribution in [0, 0.1) is 5.82 Å². The van der Waals surface area contributed by atoms with Crippen LogP contribution in [-0.4, -0.2) is 59.0 Å². The van der Waals surface area contributed by atoms with Crippen molar-refractivity contribution in [2.75, 3.05) is 33.0 Å². The van der Waals surface area contributed by atoms with Crippen molar-refractivity contribution in [2.45, 2.75) is 19.0 Å². The molecule has 9 heteroatoms. The molecule has 1 aromatic carbocycles. The van der Waals surface area contributed by atoms with Crippen LogP contribution >= 0.6 is 0 Å². The predicted molar refractivity (Wildman–Crippen MR) is 98.0 cm³/mol. The minimum atomic E-state index is -0.598. The monoisotopic (exact) mass is 375 g/mol. The van der Waals surface area contributed by atoms with E-state index < -0.39 is 5.82 Å². The molecule has 1 aliphatic heterocycles. The van der Waals surface area contributed by atoms with Crippen LogP contribution in [0.15, 0.2) is 29.1 Å². The van der Waals surface area contributed by atoms with Gasteiger partial charge in [-0.2, -0.15) is 0 Å². The van der Waals surface area contributed by atoms with Gasteiger partial charge in [0.1, 0.15) is 11.6 Å². The fraction of sp³-hybridized carbons (Fsp3) is 0.389. The molecular formula is C18H22FN5O3. The molecule has 0 aliphatic carbocycles. The van der Waals surface area contributed by atoms with Crippen LogP contribution < -0.4 is 16.0 Å². The molecule has 1 unspecified atom stereocenters. The summed E-state index contributed by atoms with van der Waals surface area (Å²) in [5.74, 6) is -0.499. The van der Waals surface area contributed by atoms with E-state index in [2.05, 4.69) is 9.97 Å². The molecule has 1 amide bonds. The summed E-state index contributed by atoms with van der Waals surface area (Å²) in [7, 11) is 3.34. The molecule has 144 valence electrons. The van der Waals surface area contributed by atoms with Gasteiger partial charge in [0, 0.05) is 37.8 Å². The molecule has 0 bridgehead atoms. The SMILES string of the molecule is COc1ccc(C(=O)N2CCC(N(C)Cc3cc(=O)[nH]c(N)n3)C2)c(F)c1. The van der Waals surface area contributed by atoms with Gasteiger partial charge in [-0.3, -0.25) is 19.5 Å². The number of nitrogen functional groups attached to an aromatic ring is 1. The third-order valence-electron chi connectivity index (χ3n) is 4.71. The number of hydrogen-bond acceptors (Lipinski definition) is 6. The number of aromatic amines is 1. The molecule has 0 spiro atoms. The third-order valence-corrected chi connectivity index (χ3v) is 4.71. The van der Waals surface area contributed by atoms with E-state index in [-0.39, 0.29) is 29.0 Å². The van der Waals surface area contributed by atoms with E-state index in [4.69, 9.17) is 10.5 Å². The number of nitrogens with zero attached hydrogens (tertiary/aromatic N) is 3. The lowest BCUT2D eigenvalue weighted by Crippen LogP contribution is -2.36. The number of hydrogen-bond donors (Lipinski definition) is 2. The van der Waals surface area contributed by atoms with Gasteiger partial charge in [-0.25, -0.2) is 9.37 Å². The highest BCUT2D eigenvalue weighted by Crippen LogP contribution is 2.22. The number of H-pyrrole nitrogens is 1. The molecule has 3 N–H and O–H groups in total. The van der Waals surface area contributed by atoms with Crippen molar-refractivity contribution in [3.05, 3.63) is 51.7 Å². The van der Waals surface area contributed by atoms with Crippen LogP contribution in [0.25, 0.3) is 0 Å². The van der Waals surface area contributed by atoms with Crippen molar-refractivity contribution >= 4 is 11.9 Å². The van der Waals surface area contributed by atoms with Gasteiger partial charge in [0.15, 0.2) is 0 Å². The normalized spacial score (nSPS) is 16.7. The number of halogens is 1. The van der Waals surface area contributed by atoms with Crippen molar-refractivity contribution < 1.29 is 13.9 Å². The Hall–Kier alpha value is -2.94. The van der Waals surface area contributed by atoms with Gasteiger partial charge in [-0.1, -0.05) is 0 Å². The van der Waals surface area contributed by atoms with Gasteiger partial charge in [-0.05, 0) is 25.6 Å². The first-order chi connectivity index (χ1) is 12.9. The Balaban J connectivity index is 1.65. The summed E-state index contributed by atoms with van der Waals surface area (Å²) < 4.78 is 19.1. The number of amides is 1. The second-order valence-electron chi connectivity index (χ2n) is 6.58. The third kappa shape index (κ3) is 4.25. The Bertz CT molecular complexity index is 901. The number of anilines is 1. The number of rotatable bonds is 5.